The first-order chi connectivity index (χ1) is 26.2. The summed E-state index contributed by atoms with van der Waals surface area (Å²) in [6, 6.07) is 10.3. The second-order valence-corrected chi connectivity index (χ2v) is 17.1. The third-order valence-corrected chi connectivity index (χ3v) is 8.24. The zero-order valence-corrected chi connectivity index (χ0v) is 36.7. The van der Waals surface area contributed by atoms with Gasteiger partial charge in [-0.25, -0.2) is 4.39 Å². The van der Waals surface area contributed by atoms with E-state index in [1.165, 1.54) is 30.5 Å². The van der Waals surface area contributed by atoms with Gasteiger partial charge in [-0.2, -0.15) is 33.6 Å². The average molecular weight is 791 g/mol. The maximum Gasteiger partial charge on any atom is 0.416 e. The lowest BCUT2D eigenvalue weighted by atomic mass is 9.72. The van der Waals surface area contributed by atoms with Gasteiger partial charge in [0.2, 0.25) is 0 Å². The number of carbonyl (C=O) groups excluding carboxylic acids is 2. The lowest BCUT2D eigenvalue weighted by Gasteiger charge is -2.31. The first-order valence-corrected chi connectivity index (χ1v) is 19.3. The van der Waals surface area contributed by atoms with Crippen molar-refractivity contribution in [2.75, 3.05) is 0 Å². The third kappa shape index (κ3) is 15.5. The zero-order valence-electron chi connectivity index (χ0n) is 36.7. The predicted molar refractivity (Wildman–Crippen MR) is 226 cm³/mol. The van der Waals surface area contributed by atoms with Crippen LogP contribution in [0.25, 0.3) is 0 Å². The third-order valence-electron chi connectivity index (χ3n) is 8.24. The number of hydrogen-bond donors (Lipinski definition) is 0. The molecule has 6 nitrogen and oxygen atoms in total. The lowest BCUT2D eigenvalue weighted by Crippen LogP contribution is -2.27. The summed E-state index contributed by atoms with van der Waals surface area (Å²) in [5.74, 6) is -0.192. The highest BCUT2D eigenvalue weighted by Gasteiger charge is 2.35. The van der Waals surface area contributed by atoms with E-state index in [1.807, 2.05) is 123 Å². The van der Waals surface area contributed by atoms with Crippen molar-refractivity contribution in [3.8, 4) is 0 Å². The molecule has 0 N–H and O–H groups in total. The van der Waals surface area contributed by atoms with E-state index < -0.39 is 11.7 Å². The van der Waals surface area contributed by atoms with E-state index in [1.54, 1.807) is 30.5 Å². The van der Waals surface area contributed by atoms with E-state index in [9.17, 15) is 27.2 Å². The van der Waals surface area contributed by atoms with Crippen LogP contribution in [0.4, 0.5) is 28.9 Å². The second-order valence-electron chi connectivity index (χ2n) is 17.1. The van der Waals surface area contributed by atoms with Gasteiger partial charge in [0.25, 0.3) is 0 Å². The number of benzene rings is 2. The lowest BCUT2D eigenvalue weighted by molar-refractivity contribution is -0.137. The average Bonchev–Trinajstić information content (AvgIpc) is 3.10. The topological polar surface area (TPSA) is 83.6 Å². The van der Waals surface area contributed by atoms with Crippen LogP contribution in [0.15, 0.2) is 139 Å². The van der Waals surface area contributed by atoms with Gasteiger partial charge in [0.15, 0.2) is 11.6 Å². The molecule has 2 aliphatic rings. The number of alkyl halides is 3. The van der Waals surface area contributed by atoms with Gasteiger partial charge in [-0.05, 0) is 106 Å². The summed E-state index contributed by atoms with van der Waals surface area (Å²) in [6.07, 6.45) is 6.11. The molecule has 310 valence electrons. The fourth-order valence-electron chi connectivity index (χ4n) is 5.23. The van der Waals surface area contributed by atoms with Gasteiger partial charge in [-0.1, -0.05) is 111 Å². The molecular formula is C47H62F4N4O2. The Morgan fingerprint density at radius 1 is 0.456 bits per heavy atom. The Morgan fingerprint density at radius 2 is 0.719 bits per heavy atom. The normalized spacial score (nSPS) is 15.3. The summed E-state index contributed by atoms with van der Waals surface area (Å²) in [5, 5.41) is 16.1. The standard InChI is InChI=1S/C22H25F3N2O.C21H25FN2O.2C2H6/c1-20(2,3)17-11-14(12-18(19(17)28)21(4,5)6)13-26-27-16-9-7-15(8-10-16)22(23,24)25;1-20(2,3)17-11-14(12-18(19(17)25)21(4,5)6)13-23-24-16-9-7-15(22)8-10-16;2*1-2/h7-13H,1-6H3;7-13H,1-6H3;2*1-2H3. The van der Waals surface area contributed by atoms with E-state index in [4.69, 9.17) is 0 Å². The second kappa shape index (κ2) is 20.5. The van der Waals surface area contributed by atoms with Crippen molar-refractivity contribution < 1.29 is 27.2 Å². The van der Waals surface area contributed by atoms with Crippen molar-refractivity contribution in [2.45, 2.75) is 117 Å². The van der Waals surface area contributed by atoms with E-state index in [0.29, 0.717) is 22.5 Å². The molecule has 0 spiro atoms. The number of allylic oxidation sites excluding steroid dienone is 10. The fraction of sp³-hybridized carbons (Fsp3) is 0.447. The van der Waals surface area contributed by atoms with Gasteiger partial charge in [-0.3, -0.25) is 9.59 Å². The summed E-state index contributed by atoms with van der Waals surface area (Å²) in [6.45, 7) is 32.0. The van der Waals surface area contributed by atoms with E-state index in [0.717, 1.165) is 34.4 Å². The van der Waals surface area contributed by atoms with Gasteiger partial charge in [0.05, 0.1) is 29.3 Å². The number of ketones is 2. The van der Waals surface area contributed by atoms with Gasteiger partial charge < -0.3 is 0 Å². The first-order valence-electron chi connectivity index (χ1n) is 19.3. The van der Waals surface area contributed by atoms with Gasteiger partial charge in [0.1, 0.15) is 5.82 Å². The zero-order chi connectivity index (χ0) is 44.2. The van der Waals surface area contributed by atoms with Crippen molar-refractivity contribution in [1.82, 2.24) is 0 Å². The molecule has 10 heteroatoms. The number of azo groups is 2. The highest BCUT2D eigenvalue weighted by atomic mass is 19.4. The van der Waals surface area contributed by atoms with Crippen LogP contribution >= 0.6 is 0 Å². The summed E-state index contributed by atoms with van der Waals surface area (Å²) >= 11 is 0. The van der Waals surface area contributed by atoms with Crippen molar-refractivity contribution in [3.05, 3.63) is 130 Å². The maximum absolute atomic E-state index is 12.9. The quantitative estimate of drug-likeness (QED) is 0.228. The number of Topliss-reactive ketones (excluding diaryl/α,β-unsaturated/α-hetero) is 2. The fourth-order valence-corrected chi connectivity index (χ4v) is 5.23. The smallest absolute Gasteiger partial charge is 0.289 e. The summed E-state index contributed by atoms with van der Waals surface area (Å²) < 4.78 is 50.7. The van der Waals surface area contributed by atoms with Crippen LogP contribution in [-0.4, -0.2) is 11.6 Å². The number of hydrogen-bond acceptors (Lipinski definition) is 6. The number of halogens is 4. The predicted octanol–water partition coefficient (Wildman–Crippen LogP) is 15.6. The highest BCUT2D eigenvalue weighted by molar-refractivity contribution is 6.12. The SMILES string of the molecule is CC.CC.CC(C)(C)C1=CC(=CN=Nc2ccc(C(F)(F)F)cc2)C=C(C(C)(C)C)C1=O.CC(C)(C)C1=CC(=CN=Nc2ccc(F)cc2)C=C(C(C)(C)C)C1=O. The molecule has 57 heavy (non-hydrogen) atoms. The van der Waals surface area contributed by atoms with Crippen molar-refractivity contribution >= 4 is 22.9 Å². The molecule has 4 rings (SSSR count). The molecular weight excluding hydrogens is 729 g/mol. The van der Waals surface area contributed by atoms with Gasteiger partial charge in [0, 0.05) is 22.3 Å². The van der Waals surface area contributed by atoms with Crippen LogP contribution in [-0.2, 0) is 15.8 Å². The van der Waals surface area contributed by atoms with E-state index in [2.05, 4.69) is 20.5 Å². The summed E-state index contributed by atoms with van der Waals surface area (Å²) in [7, 11) is 0. The molecule has 0 atom stereocenters. The summed E-state index contributed by atoms with van der Waals surface area (Å²) in [5.41, 5.74) is 3.47. The Labute approximate surface area is 338 Å². The number of nitrogens with zero attached hydrogens (tertiary/aromatic N) is 4. The van der Waals surface area contributed by atoms with Crippen LogP contribution in [0.1, 0.15) is 116 Å². The highest BCUT2D eigenvalue weighted by Crippen LogP contribution is 2.40. The van der Waals surface area contributed by atoms with E-state index in [-0.39, 0.29) is 39.0 Å². The van der Waals surface area contributed by atoms with Gasteiger partial charge in [-0.15, -0.1) is 0 Å². The van der Waals surface area contributed by atoms with Crippen molar-refractivity contribution in [3.63, 3.8) is 0 Å². The molecule has 2 aromatic rings. The van der Waals surface area contributed by atoms with Gasteiger partial charge >= 0.3 is 6.18 Å². The van der Waals surface area contributed by atoms with Crippen LogP contribution in [0.3, 0.4) is 0 Å². The molecule has 0 saturated heterocycles. The van der Waals surface area contributed by atoms with Crippen molar-refractivity contribution in [1.29, 1.82) is 0 Å². The van der Waals surface area contributed by atoms with Crippen LogP contribution in [0, 0.1) is 27.5 Å². The van der Waals surface area contributed by atoms with E-state index >= 15 is 0 Å². The minimum absolute atomic E-state index is 0.0248. The van der Waals surface area contributed by atoms with Crippen LogP contribution in [0.2, 0.25) is 0 Å². The molecule has 0 radical (unpaired) electrons. The molecule has 0 fully saturated rings. The molecule has 0 amide bonds. The summed E-state index contributed by atoms with van der Waals surface area (Å²) in [4.78, 5) is 25.7. The first kappa shape index (κ1) is 50.2. The Morgan fingerprint density at radius 3 is 0.965 bits per heavy atom. The minimum atomic E-state index is -4.38. The van der Waals surface area contributed by atoms with Crippen molar-refractivity contribution in [2.24, 2.45) is 42.1 Å². The molecule has 0 heterocycles. The largest absolute Gasteiger partial charge is 0.416 e. The number of rotatable bonds is 4. The molecule has 0 saturated carbocycles. The Balaban J connectivity index is 0.000000527. The molecule has 0 aromatic heterocycles. The maximum atomic E-state index is 12.9. The number of carbonyl (C=O) groups is 2. The molecule has 0 bridgehead atoms. The molecule has 2 aliphatic carbocycles. The Kier molecular flexibility index (Phi) is 18.1. The monoisotopic (exact) mass is 790 g/mol. The Bertz CT molecular complexity index is 1870. The molecule has 0 unspecified atom stereocenters. The minimum Gasteiger partial charge on any atom is -0.289 e. The Hall–Kier alpha value is -4.86. The van der Waals surface area contributed by atoms with Crippen LogP contribution < -0.4 is 0 Å². The van der Waals surface area contributed by atoms with Crippen LogP contribution in [0.5, 0.6) is 0 Å². The molecule has 0 aliphatic heterocycles. The molecule has 2 aromatic carbocycles.